The summed E-state index contributed by atoms with van der Waals surface area (Å²) >= 11 is 1.95. The highest BCUT2D eigenvalue weighted by Gasteiger charge is 2.17. The Hall–Kier alpha value is -2.04. The van der Waals surface area contributed by atoms with Gasteiger partial charge in [-0.05, 0) is 30.3 Å². The zero-order chi connectivity index (χ0) is 16.9. The molecule has 4 rings (SSSR count). The number of nitrogens with zero attached hydrogens (tertiary/aromatic N) is 3. The van der Waals surface area contributed by atoms with Crippen LogP contribution < -0.4 is 4.90 Å². The molecule has 1 aliphatic rings. The van der Waals surface area contributed by atoms with Crippen molar-refractivity contribution in [2.24, 2.45) is 0 Å². The predicted molar refractivity (Wildman–Crippen MR) is 108 cm³/mol. The van der Waals surface area contributed by atoms with Gasteiger partial charge in [0.2, 0.25) is 0 Å². The molecule has 0 saturated carbocycles. The van der Waals surface area contributed by atoms with Crippen molar-refractivity contribution < 1.29 is 0 Å². The summed E-state index contributed by atoms with van der Waals surface area (Å²) in [6, 6.07) is 23.3. The highest BCUT2D eigenvalue weighted by atomic mass is 32.2. The Morgan fingerprint density at radius 2 is 1.56 bits per heavy atom. The molecule has 3 aromatic rings. The van der Waals surface area contributed by atoms with Gasteiger partial charge in [0.05, 0.1) is 5.52 Å². The van der Waals surface area contributed by atoms with Crippen molar-refractivity contribution in [2.75, 3.05) is 43.4 Å². The number of hydrogen-bond acceptors (Lipinski definition) is 4. The van der Waals surface area contributed by atoms with E-state index in [2.05, 4.69) is 76.5 Å². The van der Waals surface area contributed by atoms with Crippen LogP contribution in [-0.4, -0.2) is 48.4 Å². The summed E-state index contributed by atoms with van der Waals surface area (Å²) in [5, 5.41) is 1.21. The number of benzene rings is 2. The molecule has 0 N–H and O–H groups in total. The second-order valence-corrected chi connectivity index (χ2v) is 7.52. The van der Waals surface area contributed by atoms with Crippen LogP contribution in [0.3, 0.4) is 0 Å². The van der Waals surface area contributed by atoms with E-state index >= 15 is 0 Å². The van der Waals surface area contributed by atoms with Crippen molar-refractivity contribution >= 4 is 28.5 Å². The summed E-state index contributed by atoms with van der Waals surface area (Å²) in [5.74, 6) is 2.26. The topological polar surface area (TPSA) is 19.4 Å². The first-order chi connectivity index (χ1) is 12.4. The van der Waals surface area contributed by atoms with Crippen LogP contribution in [0.2, 0.25) is 0 Å². The average Bonchev–Trinajstić information content (AvgIpc) is 2.69. The summed E-state index contributed by atoms with van der Waals surface area (Å²) in [6.07, 6.45) is 0. The molecule has 2 heterocycles. The molecule has 128 valence electrons. The third kappa shape index (κ3) is 4.14. The van der Waals surface area contributed by atoms with E-state index in [0.717, 1.165) is 49.8 Å². The summed E-state index contributed by atoms with van der Waals surface area (Å²) in [4.78, 5) is 11.2. The van der Waals surface area contributed by atoms with Gasteiger partial charge in [0, 0.05) is 48.8 Å². The van der Waals surface area contributed by atoms with Crippen LogP contribution in [0.1, 0.15) is 0 Å². The third-order valence-corrected chi connectivity index (χ3v) is 5.69. The molecule has 2 aromatic carbocycles. The monoisotopic (exact) mass is 349 g/mol. The fraction of sp³-hybridized carbons (Fsp3) is 0.286. The summed E-state index contributed by atoms with van der Waals surface area (Å²) in [7, 11) is 0. The zero-order valence-corrected chi connectivity index (χ0v) is 15.2. The van der Waals surface area contributed by atoms with E-state index in [-0.39, 0.29) is 0 Å². The van der Waals surface area contributed by atoms with Crippen molar-refractivity contribution in [1.82, 2.24) is 9.88 Å². The quantitative estimate of drug-likeness (QED) is 0.644. The van der Waals surface area contributed by atoms with Crippen molar-refractivity contribution in [1.29, 1.82) is 0 Å². The Kier molecular flexibility index (Phi) is 5.19. The molecule has 0 unspecified atom stereocenters. The second-order valence-electron chi connectivity index (χ2n) is 6.35. The third-order valence-electron chi connectivity index (χ3n) is 4.70. The van der Waals surface area contributed by atoms with Crippen LogP contribution in [0.5, 0.6) is 0 Å². The molecule has 1 aromatic heterocycles. The van der Waals surface area contributed by atoms with Gasteiger partial charge in [-0.3, -0.25) is 4.90 Å². The fourth-order valence-electron chi connectivity index (χ4n) is 3.24. The number of para-hydroxylation sites is 1. The summed E-state index contributed by atoms with van der Waals surface area (Å²) in [5.41, 5.74) is 1.08. The number of anilines is 1. The number of pyridine rings is 1. The van der Waals surface area contributed by atoms with Gasteiger partial charge in [-0.1, -0.05) is 36.4 Å². The van der Waals surface area contributed by atoms with E-state index < -0.39 is 0 Å². The summed E-state index contributed by atoms with van der Waals surface area (Å²) < 4.78 is 0. The minimum absolute atomic E-state index is 1.06. The first-order valence-electron chi connectivity index (χ1n) is 8.89. The van der Waals surface area contributed by atoms with E-state index in [1.54, 1.807) is 0 Å². The predicted octanol–water partition coefficient (Wildman–Crippen LogP) is 4.15. The number of fused-ring (bicyclic) bond motifs is 1. The van der Waals surface area contributed by atoms with Gasteiger partial charge in [-0.2, -0.15) is 0 Å². The second kappa shape index (κ2) is 7.89. The Balaban J connectivity index is 1.28. The van der Waals surface area contributed by atoms with Crippen LogP contribution in [0.15, 0.2) is 71.6 Å². The molecule has 1 aliphatic heterocycles. The highest BCUT2D eigenvalue weighted by Crippen LogP contribution is 2.20. The smallest absolute Gasteiger partial charge is 0.129 e. The SMILES string of the molecule is c1ccc(SCCN2CCN(c3ccc4ccccc4n3)CC2)cc1. The van der Waals surface area contributed by atoms with Gasteiger partial charge in [-0.25, -0.2) is 4.98 Å². The van der Waals surface area contributed by atoms with Gasteiger partial charge in [0.25, 0.3) is 0 Å². The van der Waals surface area contributed by atoms with Crippen molar-refractivity contribution in [2.45, 2.75) is 4.90 Å². The number of aromatic nitrogens is 1. The Labute approximate surface area is 153 Å². The number of hydrogen-bond donors (Lipinski definition) is 0. The average molecular weight is 350 g/mol. The molecular formula is C21H23N3S. The Bertz CT molecular complexity index is 813. The van der Waals surface area contributed by atoms with Crippen LogP contribution in [0.4, 0.5) is 5.82 Å². The van der Waals surface area contributed by atoms with Crippen LogP contribution in [0.25, 0.3) is 10.9 Å². The normalized spacial score (nSPS) is 15.6. The maximum atomic E-state index is 4.83. The van der Waals surface area contributed by atoms with Crippen LogP contribution in [-0.2, 0) is 0 Å². The molecule has 25 heavy (non-hydrogen) atoms. The lowest BCUT2D eigenvalue weighted by molar-refractivity contribution is 0.273. The van der Waals surface area contributed by atoms with Gasteiger partial charge >= 0.3 is 0 Å². The first-order valence-corrected chi connectivity index (χ1v) is 9.88. The van der Waals surface area contributed by atoms with Crippen LogP contribution >= 0.6 is 11.8 Å². The minimum atomic E-state index is 1.06. The molecule has 0 amide bonds. The highest BCUT2D eigenvalue weighted by molar-refractivity contribution is 7.99. The molecule has 1 fully saturated rings. The lowest BCUT2D eigenvalue weighted by Crippen LogP contribution is -2.47. The van der Waals surface area contributed by atoms with Crippen molar-refractivity contribution in [3.63, 3.8) is 0 Å². The first kappa shape index (κ1) is 16.4. The lowest BCUT2D eigenvalue weighted by atomic mass is 10.2. The summed E-state index contributed by atoms with van der Waals surface area (Å²) in [6.45, 7) is 5.49. The fourth-order valence-corrected chi connectivity index (χ4v) is 4.18. The molecule has 1 saturated heterocycles. The van der Waals surface area contributed by atoms with E-state index in [1.807, 2.05) is 11.8 Å². The minimum Gasteiger partial charge on any atom is -0.354 e. The maximum absolute atomic E-state index is 4.83. The molecule has 3 nitrogen and oxygen atoms in total. The number of rotatable bonds is 5. The van der Waals surface area contributed by atoms with Crippen molar-refractivity contribution in [3.8, 4) is 0 Å². The van der Waals surface area contributed by atoms with Crippen molar-refractivity contribution in [3.05, 3.63) is 66.7 Å². The molecule has 4 heteroatoms. The lowest BCUT2D eigenvalue weighted by Gasteiger charge is -2.35. The molecular weight excluding hydrogens is 326 g/mol. The maximum Gasteiger partial charge on any atom is 0.129 e. The molecule has 0 bridgehead atoms. The largest absolute Gasteiger partial charge is 0.354 e. The Morgan fingerprint density at radius 1 is 0.800 bits per heavy atom. The Morgan fingerprint density at radius 3 is 2.40 bits per heavy atom. The van der Waals surface area contributed by atoms with Gasteiger partial charge in [-0.15, -0.1) is 11.8 Å². The van der Waals surface area contributed by atoms with E-state index in [1.165, 1.54) is 10.3 Å². The van der Waals surface area contributed by atoms with Gasteiger partial charge < -0.3 is 4.90 Å². The van der Waals surface area contributed by atoms with Gasteiger partial charge in [0.15, 0.2) is 0 Å². The number of piperazine rings is 1. The molecule has 0 aliphatic carbocycles. The molecule has 0 radical (unpaired) electrons. The van der Waals surface area contributed by atoms with E-state index in [0.29, 0.717) is 0 Å². The number of thioether (sulfide) groups is 1. The molecule has 0 atom stereocenters. The van der Waals surface area contributed by atoms with Crippen LogP contribution in [0, 0.1) is 0 Å². The van der Waals surface area contributed by atoms with E-state index in [4.69, 9.17) is 4.98 Å². The molecule has 0 spiro atoms. The standard InChI is InChI=1S/C21H23N3S/c1-2-7-19(8-3-1)25-17-16-23-12-14-24(15-13-23)21-11-10-18-6-4-5-9-20(18)22-21/h1-11H,12-17H2. The van der Waals surface area contributed by atoms with E-state index in [9.17, 15) is 0 Å². The zero-order valence-electron chi connectivity index (χ0n) is 14.3. The van der Waals surface area contributed by atoms with Gasteiger partial charge in [0.1, 0.15) is 5.82 Å².